The van der Waals surface area contributed by atoms with Gasteiger partial charge in [0, 0.05) is 5.56 Å². The Morgan fingerprint density at radius 1 is 1.07 bits per heavy atom. The molecule has 2 aromatic carbocycles. The summed E-state index contributed by atoms with van der Waals surface area (Å²) < 4.78 is 66.8. The van der Waals surface area contributed by atoms with E-state index in [1.807, 2.05) is 0 Å². The van der Waals surface area contributed by atoms with Crippen LogP contribution in [0, 0.1) is 0 Å². The van der Waals surface area contributed by atoms with Crippen LogP contribution in [0.15, 0.2) is 66.2 Å². The number of ether oxygens (including phenoxy) is 1. The number of anilines is 2. The Kier molecular flexibility index (Phi) is 4.55. The Hall–Kier alpha value is -3.38. The van der Waals surface area contributed by atoms with Gasteiger partial charge in [0.05, 0.1) is 23.3 Å². The molecule has 0 fully saturated rings. The summed E-state index contributed by atoms with van der Waals surface area (Å²) in [5, 5.41) is 13.5. The third kappa shape index (κ3) is 3.86. The molecule has 0 radical (unpaired) electrons. The summed E-state index contributed by atoms with van der Waals surface area (Å²) in [4.78, 5) is 0. The van der Waals surface area contributed by atoms with Gasteiger partial charge in [-0.25, -0.2) is 13.4 Å². The van der Waals surface area contributed by atoms with Gasteiger partial charge in [-0.05, 0) is 36.4 Å². The number of rotatable bonds is 4. The Balaban J connectivity index is 1.70. The molecule has 2 heterocycles. The molecule has 2 aliphatic rings. The summed E-state index contributed by atoms with van der Waals surface area (Å²) in [6, 6.07) is 11.8. The molecule has 12 heteroatoms. The Bertz CT molecular complexity index is 1160. The van der Waals surface area contributed by atoms with E-state index in [9.17, 15) is 26.7 Å². The number of hydrogen-bond acceptors (Lipinski definition) is 7. The standard InChI is InChI=1S/C18H15F3N4O4S/c1-30(27,28)22-14-10-16-17(26)24(23-25(16)15-5-3-2-4-13(14)15)11-6-8-12(9-7-11)29-18(19,20)21/h2-10,22-23,26H,1H3. The molecule has 8 nitrogen and oxygen atoms in total. The van der Waals surface area contributed by atoms with E-state index in [2.05, 4.69) is 15.0 Å². The number of halogens is 3. The highest BCUT2D eigenvalue weighted by atomic mass is 32.2. The third-order valence-corrected chi connectivity index (χ3v) is 4.81. The zero-order valence-corrected chi connectivity index (χ0v) is 16.1. The minimum Gasteiger partial charge on any atom is -0.492 e. The van der Waals surface area contributed by atoms with Crippen molar-refractivity contribution in [3.63, 3.8) is 0 Å². The van der Waals surface area contributed by atoms with Gasteiger partial charge in [-0.2, -0.15) is 0 Å². The number of hydrazine groups is 2. The van der Waals surface area contributed by atoms with Crippen LogP contribution in [0.4, 0.5) is 24.5 Å². The van der Waals surface area contributed by atoms with Crippen molar-refractivity contribution in [2.45, 2.75) is 6.36 Å². The van der Waals surface area contributed by atoms with E-state index in [0.29, 0.717) is 16.9 Å². The Morgan fingerprint density at radius 2 is 1.73 bits per heavy atom. The smallest absolute Gasteiger partial charge is 0.492 e. The lowest BCUT2D eigenvalue weighted by molar-refractivity contribution is -0.274. The van der Waals surface area contributed by atoms with Gasteiger partial charge in [0.2, 0.25) is 15.9 Å². The molecule has 0 bridgehead atoms. The number of nitrogens with one attached hydrogen (secondary N) is 2. The fraction of sp³-hybridized carbons (Fsp3) is 0.111. The molecule has 158 valence electrons. The van der Waals surface area contributed by atoms with Crippen LogP contribution in [0.5, 0.6) is 5.75 Å². The molecule has 2 aliphatic heterocycles. The maximum atomic E-state index is 12.3. The zero-order chi connectivity index (χ0) is 21.7. The van der Waals surface area contributed by atoms with Crippen molar-refractivity contribution in [3.8, 4) is 5.75 Å². The van der Waals surface area contributed by atoms with Gasteiger partial charge in [-0.1, -0.05) is 18.2 Å². The normalized spacial score (nSPS) is 16.2. The lowest BCUT2D eigenvalue weighted by atomic mass is 10.0. The molecule has 0 aliphatic carbocycles. The first-order valence-electron chi connectivity index (χ1n) is 8.46. The third-order valence-electron chi connectivity index (χ3n) is 4.22. The van der Waals surface area contributed by atoms with Crippen LogP contribution in [0.3, 0.4) is 0 Å². The molecular formula is C18H15F3N4O4S. The minimum absolute atomic E-state index is 0.246. The zero-order valence-electron chi connectivity index (χ0n) is 15.3. The van der Waals surface area contributed by atoms with E-state index < -0.39 is 22.1 Å². The van der Waals surface area contributed by atoms with E-state index >= 15 is 0 Å². The average Bonchev–Trinajstić information content (AvgIpc) is 2.97. The SMILES string of the molecule is CS(=O)(=O)NC1=CC2=C(O)N(c3ccc(OC(F)(F)F)cc3)NN2c2ccccc21. The number of nitrogens with zero attached hydrogens (tertiary/aromatic N) is 2. The topological polar surface area (TPSA) is 94.1 Å². The van der Waals surface area contributed by atoms with Crippen molar-refractivity contribution >= 4 is 27.1 Å². The van der Waals surface area contributed by atoms with Crippen LogP contribution < -0.4 is 25.0 Å². The Morgan fingerprint density at radius 3 is 2.37 bits per heavy atom. The van der Waals surface area contributed by atoms with Crippen molar-refractivity contribution in [2.75, 3.05) is 16.3 Å². The lowest BCUT2D eigenvalue weighted by Gasteiger charge is -2.29. The first kappa shape index (κ1) is 19.9. The number of hydrogen-bond donors (Lipinski definition) is 3. The molecule has 0 amide bonds. The van der Waals surface area contributed by atoms with Crippen LogP contribution in [-0.2, 0) is 10.0 Å². The highest BCUT2D eigenvalue weighted by molar-refractivity contribution is 7.89. The lowest BCUT2D eigenvalue weighted by Crippen LogP contribution is -2.43. The number of fused-ring (bicyclic) bond motifs is 3. The molecule has 0 aromatic heterocycles. The summed E-state index contributed by atoms with van der Waals surface area (Å²) >= 11 is 0. The van der Waals surface area contributed by atoms with E-state index in [1.54, 1.807) is 24.3 Å². The first-order valence-corrected chi connectivity index (χ1v) is 10.4. The summed E-state index contributed by atoms with van der Waals surface area (Å²) in [6.07, 6.45) is -2.34. The van der Waals surface area contributed by atoms with Crippen molar-refractivity contribution < 1.29 is 31.4 Å². The van der Waals surface area contributed by atoms with Crippen molar-refractivity contribution in [1.29, 1.82) is 0 Å². The van der Waals surface area contributed by atoms with Crippen molar-refractivity contribution in [3.05, 3.63) is 71.8 Å². The predicted octanol–water partition coefficient (Wildman–Crippen LogP) is 2.96. The molecule has 0 saturated carbocycles. The van der Waals surface area contributed by atoms with Crippen molar-refractivity contribution in [2.24, 2.45) is 0 Å². The summed E-state index contributed by atoms with van der Waals surface area (Å²) in [6.45, 7) is 0. The second kappa shape index (κ2) is 6.85. The van der Waals surface area contributed by atoms with E-state index in [1.165, 1.54) is 28.2 Å². The molecular weight excluding hydrogens is 425 g/mol. The van der Waals surface area contributed by atoms with Crippen LogP contribution in [-0.4, -0.2) is 26.1 Å². The second-order valence-electron chi connectivity index (χ2n) is 6.47. The number of sulfonamides is 1. The molecule has 0 atom stereocenters. The van der Waals surface area contributed by atoms with E-state index in [0.717, 1.165) is 18.4 Å². The molecule has 3 N–H and O–H groups in total. The maximum absolute atomic E-state index is 12.3. The van der Waals surface area contributed by atoms with Gasteiger partial charge in [0.1, 0.15) is 11.4 Å². The highest BCUT2D eigenvalue weighted by Crippen LogP contribution is 2.39. The number of alkyl halides is 3. The number of allylic oxidation sites excluding steroid dienone is 1. The van der Waals surface area contributed by atoms with Gasteiger partial charge >= 0.3 is 6.36 Å². The average molecular weight is 440 g/mol. The van der Waals surface area contributed by atoms with Gasteiger partial charge < -0.3 is 9.84 Å². The van der Waals surface area contributed by atoms with Crippen molar-refractivity contribution in [1.82, 2.24) is 10.3 Å². The molecule has 0 spiro atoms. The van der Waals surface area contributed by atoms with Gasteiger partial charge in [0.25, 0.3) is 0 Å². The number of aliphatic hydroxyl groups excluding tert-OH is 1. The molecule has 2 aromatic rings. The molecule has 4 rings (SSSR count). The van der Waals surface area contributed by atoms with Gasteiger partial charge in [0.15, 0.2) is 0 Å². The van der Waals surface area contributed by atoms with Crippen LogP contribution in [0.2, 0.25) is 0 Å². The fourth-order valence-electron chi connectivity index (χ4n) is 3.10. The number of aliphatic hydroxyl groups is 1. The quantitative estimate of drug-likeness (QED) is 0.673. The molecule has 0 unspecified atom stereocenters. The van der Waals surface area contributed by atoms with E-state index in [4.69, 9.17) is 0 Å². The summed E-state index contributed by atoms with van der Waals surface area (Å²) in [5.74, 6) is -0.679. The molecule has 30 heavy (non-hydrogen) atoms. The fourth-order valence-corrected chi connectivity index (χ4v) is 3.67. The maximum Gasteiger partial charge on any atom is 0.573 e. The predicted molar refractivity (Wildman–Crippen MR) is 103 cm³/mol. The summed E-state index contributed by atoms with van der Waals surface area (Å²) in [5.41, 5.74) is 4.90. The second-order valence-corrected chi connectivity index (χ2v) is 8.22. The van der Waals surface area contributed by atoms with Crippen LogP contribution in [0.1, 0.15) is 5.56 Å². The molecule has 0 saturated heterocycles. The Labute approximate surface area is 169 Å². The van der Waals surface area contributed by atoms with E-state index in [-0.39, 0.29) is 17.3 Å². The number of benzene rings is 2. The number of para-hydroxylation sites is 1. The minimum atomic E-state index is -4.81. The summed E-state index contributed by atoms with van der Waals surface area (Å²) in [7, 11) is -3.58. The van der Waals surface area contributed by atoms with Gasteiger partial charge in [-0.15, -0.1) is 18.7 Å². The van der Waals surface area contributed by atoms with Crippen LogP contribution >= 0.6 is 0 Å². The van der Waals surface area contributed by atoms with Crippen LogP contribution in [0.25, 0.3) is 5.70 Å². The van der Waals surface area contributed by atoms with Gasteiger partial charge in [-0.3, -0.25) is 9.73 Å². The first-order chi connectivity index (χ1) is 14.0. The largest absolute Gasteiger partial charge is 0.573 e. The monoisotopic (exact) mass is 440 g/mol. The highest BCUT2D eigenvalue weighted by Gasteiger charge is 2.35.